The number of aromatic nitrogens is 2. The highest BCUT2D eigenvalue weighted by Gasteiger charge is 2.08. The molecule has 0 N–H and O–H groups in total. The zero-order valence-corrected chi connectivity index (χ0v) is 10.5. The largest absolute Gasteiger partial charge is 0.421 e. The van der Waals surface area contributed by atoms with Gasteiger partial charge in [0.25, 0.3) is 0 Å². The Kier molecular flexibility index (Phi) is 2.23. The highest BCUT2D eigenvalue weighted by atomic mass is 16.4. The summed E-state index contributed by atoms with van der Waals surface area (Å²) < 4.78 is 6.92. The molecule has 20 heavy (non-hydrogen) atoms. The third-order valence-corrected chi connectivity index (χ3v) is 3.33. The van der Waals surface area contributed by atoms with Crippen LogP contribution in [-0.2, 0) is 0 Å². The summed E-state index contributed by atoms with van der Waals surface area (Å²) in [5.41, 5.74) is 0.610. The molecular formula is C16H10N2O2. The van der Waals surface area contributed by atoms with Crippen molar-refractivity contribution in [2.75, 3.05) is 0 Å². The second-order valence-electron chi connectivity index (χ2n) is 4.61. The van der Waals surface area contributed by atoms with Crippen LogP contribution >= 0.6 is 0 Å². The molecule has 96 valence electrons. The normalized spacial score (nSPS) is 11.2. The van der Waals surface area contributed by atoms with Crippen molar-refractivity contribution >= 4 is 21.7 Å². The van der Waals surface area contributed by atoms with Gasteiger partial charge < -0.3 is 4.42 Å². The first kappa shape index (κ1) is 11.0. The predicted octanol–water partition coefficient (Wildman–Crippen LogP) is 3.13. The van der Waals surface area contributed by atoms with Crippen LogP contribution in [0.3, 0.4) is 0 Å². The minimum Gasteiger partial charge on any atom is -0.421 e. The van der Waals surface area contributed by atoms with Gasteiger partial charge in [-0.05, 0) is 35.0 Å². The first-order valence-electron chi connectivity index (χ1n) is 6.28. The van der Waals surface area contributed by atoms with Gasteiger partial charge in [0.05, 0.1) is 0 Å². The lowest BCUT2D eigenvalue weighted by Crippen LogP contribution is -2.10. The van der Waals surface area contributed by atoms with E-state index in [0.29, 0.717) is 11.3 Å². The topological polar surface area (TPSA) is 48.0 Å². The Morgan fingerprint density at radius 2 is 1.75 bits per heavy atom. The molecule has 0 radical (unpaired) electrons. The van der Waals surface area contributed by atoms with Crippen LogP contribution in [0.1, 0.15) is 0 Å². The van der Waals surface area contributed by atoms with Crippen molar-refractivity contribution in [3.63, 3.8) is 0 Å². The van der Waals surface area contributed by atoms with Gasteiger partial charge in [-0.15, -0.1) is 0 Å². The van der Waals surface area contributed by atoms with Crippen molar-refractivity contribution in [2.45, 2.75) is 0 Å². The maximum Gasteiger partial charge on any atom is 0.362 e. The molecule has 0 fully saturated rings. The fourth-order valence-corrected chi connectivity index (χ4v) is 2.37. The van der Waals surface area contributed by atoms with Crippen LogP contribution in [-0.4, -0.2) is 9.78 Å². The van der Waals surface area contributed by atoms with Crippen LogP contribution in [0.2, 0.25) is 0 Å². The van der Waals surface area contributed by atoms with E-state index in [-0.39, 0.29) is 0 Å². The van der Waals surface area contributed by atoms with Crippen molar-refractivity contribution in [1.29, 1.82) is 0 Å². The molecule has 0 aliphatic carbocycles. The second-order valence-corrected chi connectivity index (χ2v) is 4.61. The van der Waals surface area contributed by atoms with Crippen molar-refractivity contribution in [1.82, 2.24) is 9.78 Å². The molecule has 4 aromatic rings. The van der Waals surface area contributed by atoms with Gasteiger partial charge in [0.15, 0.2) is 5.69 Å². The Balaban J connectivity index is 2.08. The van der Waals surface area contributed by atoms with E-state index in [0.717, 1.165) is 16.2 Å². The van der Waals surface area contributed by atoms with Gasteiger partial charge in [-0.1, -0.05) is 24.3 Å². The first-order valence-corrected chi connectivity index (χ1v) is 6.28. The van der Waals surface area contributed by atoms with Crippen molar-refractivity contribution in [3.05, 3.63) is 71.3 Å². The van der Waals surface area contributed by atoms with E-state index in [1.807, 2.05) is 36.4 Å². The highest BCUT2D eigenvalue weighted by Crippen LogP contribution is 2.22. The number of rotatable bonds is 1. The molecule has 0 aliphatic rings. The monoisotopic (exact) mass is 262 g/mol. The average Bonchev–Trinajstić information content (AvgIpc) is 2.98. The maximum absolute atomic E-state index is 12.0. The van der Waals surface area contributed by atoms with E-state index in [2.05, 4.69) is 5.10 Å². The molecule has 0 saturated heterocycles. The summed E-state index contributed by atoms with van der Waals surface area (Å²) >= 11 is 0. The zero-order chi connectivity index (χ0) is 13.5. The number of fused-ring (bicyclic) bond motifs is 2. The molecule has 0 amide bonds. The molecule has 4 nitrogen and oxygen atoms in total. The van der Waals surface area contributed by atoms with Crippen LogP contribution in [0, 0.1) is 0 Å². The smallest absolute Gasteiger partial charge is 0.362 e. The number of nitrogens with zero attached hydrogens (tertiary/aromatic N) is 2. The van der Waals surface area contributed by atoms with Gasteiger partial charge in [-0.2, -0.15) is 5.10 Å². The number of benzene rings is 2. The fourth-order valence-electron chi connectivity index (χ4n) is 2.37. The molecule has 0 aliphatic heterocycles. The lowest BCUT2D eigenvalue weighted by Gasteiger charge is -2.04. The van der Waals surface area contributed by atoms with E-state index >= 15 is 0 Å². The highest BCUT2D eigenvalue weighted by molar-refractivity contribution is 5.96. The standard InChI is InChI=1S/C16H10N2O2/c19-16-14(18-7-3-6-17-18)9-13-8-11-4-1-2-5-12(11)10-15(13)20-16/h1-10H. The summed E-state index contributed by atoms with van der Waals surface area (Å²) in [6.45, 7) is 0. The first-order chi connectivity index (χ1) is 9.81. The Hall–Kier alpha value is -2.88. The SMILES string of the molecule is O=c1oc2cc3ccccc3cc2cc1-n1cccn1. The predicted molar refractivity (Wildman–Crippen MR) is 77.1 cm³/mol. The van der Waals surface area contributed by atoms with Crippen LogP contribution in [0.15, 0.2) is 70.1 Å². The molecule has 4 heteroatoms. The summed E-state index contributed by atoms with van der Waals surface area (Å²) in [6, 6.07) is 15.5. The van der Waals surface area contributed by atoms with Crippen LogP contribution in [0.5, 0.6) is 0 Å². The molecule has 0 bridgehead atoms. The lowest BCUT2D eigenvalue weighted by atomic mass is 10.1. The summed E-state index contributed by atoms with van der Waals surface area (Å²) in [6.07, 6.45) is 3.35. The van der Waals surface area contributed by atoms with E-state index < -0.39 is 5.63 Å². The van der Waals surface area contributed by atoms with E-state index in [1.54, 1.807) is 24.5 Å². The Morgan fingerprint density at radius 3 is 2.50 bits per heavy atom. The summed E-state index contributed by atoms with van der Waals surface area (Å²) in [5.74, 6) is 0. The zero-order valence-electron chi connectivity index (χ0n) is 10.5. The fraction of sp³-hybridized carbons (Fsp3) is 0. The van der Waals surface area contributed by atoms with E-state index in [4.69, 9.17) is 4.42 Å². The molecule has 0 saturated carbocycles. The van der Waals surface area contributed by atoms with Crippen molar-refractivity contribution in [3.8, 4) is 5.69 Å². The summed E-state index contributed by atoms with van der Waals surface area (Å²) in [5, 5.41) is 7.12. The Labute approximate surface area is 113 Å². The molecule has 0 unspecified atom stereocenters. The third kappa shape index (κ3) is 1.62. The van der Waals surface area contributed by atoms with Gasteiger partial charge >= 0.3 is 5.63 Å². The van der Waals surface area contributed by atoms with Crippen molar-refractivity contribution < 1.29 is 4.42 Å². The average molecular weight is 262 g/mol. The van der Waals surface area contributed by atoms with Crippen LogP contribution < -0.4 is 5.63 Å². The molecule has 0 atom stereocenters. The maximum atomic E-state index is 12.0. The number of hydrogen-bond donors (Lipinski definition) is 0. The van der Waals surface area contributed by atoms with Gasteiger partial charge in [-0.3, -0.25) is 0 Å². The second kappa shape index (κ2) is 4.06. The lowest BCUT2D eigenvalue weighted by molar-refractivity contribution is 0.552. The molecule has 0 spiro atoms. The van der Waals surface area contributed by atoms with E-state index in [9.17, 15) is 4.79 Å². The minimum atomic E-state index is -0.392. The van der Waals surface area contributed by atoms with E-state index in [1.165, 1.54) is 4.68 Å². The Morgan fingerprint density at radius 1 is 0.950 bits per heavy atom. The molecule has 2 aromatic heterocycles. The molecule has 2 aromatic carbocycles. The third-order valence-electron chi connectivity index (χ3n) is 3.33. The summed E-state index contributed by atoms with van der Waals surface area (Å²) in [4.78, 5) is 12.0. The molecule has 4 rings (SSSR count). The minimum absolute atomic E-state index is 0.392. The van der Waals surface area contributed by atoms with Crippen LogP contribution in [0.4, 0.5) is 0 Å². The molecule has 2 heterocycles. The van der Waals surface area contributed by atoms with Gasteiger partial charge in [-0.25, -0.2) is 9.48 Å². The van der Waals surface area contributed by atoms with Gasteiger partial charge in [0, 0.05) is 17.8 Å². The van der Waals surface area contributed by atoms with Gasteiger partial charge in [0.2, 0.25) is 0 Å². The summed E-state index contributed by atoms with van der Waals surface area (Å²) in [7, 11) is 0. The molecular weight excluding hydrogens is 252 g/mol. The quantitative estimate of drug-likeness (QED) is 0.391. The Bertz CT molecular complexity index is 969. The van der Waals surface area contributed by atoms with Crippen molar-refractivity contribution in [2.24, 2.45) is 0 Å². The number of hydrogen-bond acceptors (Lipinski definition) is 3. The van der Waals surface area contributed by atoms with Gasteiger partial charge in [0.1, 0.15) is 5.58 Å². The van der Waals surface area contributed by atoms with Crippen LogP contribution in [0.25, 0.3) is 27.4 Å².